The fourth-order valence-electron chi connectivity index (χ4n) is 3.04. The van der Waals surface area contributed by atoms with E-state index in [0.29, 0.717) is 19.0 Å². The van der Waals surface area contributed by atoms with Gasteiger partial charge in [-0.05, 0) is 19.8 Å². The Labute approximate surface area is 140 Å². The summed E-state index contributed by atoms with van der Waals surface area (Å²) in [5, 5.41) is 23.1. The minimum atomic E-state index is -2.30. The molecule has 0 saturated heterocycles. The minimum absolute atomic E-state index is 0.310. The Balaban J connectivity index is 1.62. The predicted molar refractivity (Wildman–Crippen MR) is 88.3 cm³/mol. The number of hydrogen-bond acceptors (Lipinski definition) is 5. The fraction of sp³-hybridized carbons (Fsp3) is 0.471. The molecule has 1 aliphatic heterocycles. The summed E-state index contributed by atoms with van der Waals surface area (Å²) in [4.78, 5) is 17.6. The molecule has 1 aromatic rings. The zero-order valence-electron chi connectivity index (χ0n) is 13.9. The molecule has 1 unspecified atom stereocenters. The molecule has 0 fully saturated rings. The summed E-state index contributed by atoms with van der Waals surface area (Å²) in [6.45, 7) is 2.01. The van der Waals surface area contributed by atoms with Crippen LogP contribution in [-0.4, -0.2) is 54.7 Å². The van der Waals surface area contributed by atoms with Gasteiger partial charge in [-0.2, -0.15) is 5.10 Å². The van der Waals surface area contributed by atoms with Crippen LogP contribution in [0.4, 0.5) is 0 Å². The molecular weight excluding hydrogens is 308 g/mol. The van der Waals surface area contributed by atoms with E-state index in [1.54, 1.807) is 11.0 Å². The molecule has 1 aromatic heterocycles. The van der Waals surface area contributed by atoms with E-state index in [4.69, 9.17) is 0 Å². The summed E-state index contributed by atoms with van der Waals surface area (Å²) in [5.41, 5.74) is 2.30. The second-order valence-electron chi connectivity index (χ2n) is 6.40. The van der Waals surface area contributed by atoms with Gasteiger partial charge in [0.05, 0.1) is 0 Å². The maximum atomic E-state index is 11.9. The molecule has 1 atom stereocenters. The Morgan fingerprint density at radius 3 is 2.67 bits per heavy atom. The zero-order valence-corrected chi connectivity index (χ0v) is 13.9. The highest BCUT2D eigenvalue weighted by molar-refractivity contribution is 5.83. The Morgan fingerprint density at radius 2 is 2.17 bits per heavy atom. The van der Waals surface area contributed by atoms with Crippen molar-refractivity contribution in [3.63, 3.8) is 0 Å². The molecule has 0 saturated carbocycles. The summed E-state index contributed by atoms with van der Waals surface area (Å²) in [6.07, 6.45) is 11.6. The molecule has 0 bridgehead atoms. The Hall–Kier alpha value is -2.25. The largest absolute Gasteiger partial charge is 0.358 e. The third-order valence-electron chi connectivity index (χ3n) is 4.37. The molecule has 2 heterocycles. The van der Waals surface area contributed by atoms with Gasteiger partial charge in [-0.15, -0.1) is 0 Å². The number of rotatable bonds is 3. The third kappa shape index (κ3) is 3.47. The Bertz CT molecular complexity index is 724. The molecule has 7 nitrogen and oxygen atoms in total. The minimum Gasteiger partial charge on any atom is -0.358 e. The number of aliphatic hydroxyl groups is 2. The van der Waals surface area contributed by atoms with E-state index in [2.05, 4.69) is 22.2 Å². The van der Waals surface area contributed by atoms with Gasteiger partial charge < -0.3 is 15.1 Å². The van der Waals surface area contributed by atoms with Crippen molar-refractivity contribution in [2.75, 3.05) is 13.1 Å². The van der Waals surface area contributed by atoms with Gasteiger partial charge in [-0.3, -0.25) is 9.48 Å². The lowest BCUT2D eigenvalue weighted by atomic mass is 9.86. The van der Waals surface area contributed by atoms with Crippen molar-refractivity contribution in [3.05, 3.63) is 42.0 Å². The van der Waals surface area contributed by atoms with Crippen LogP contribution in [0.25, 0.3) is 5.57 Å². The molecule has 128 valence electrons. The molecule has 1 aliphatic carbocycles. The summed E-state index contributed by atoms with van der Waals surface area (Å²) in [6, 6.07) is 0. The monoisotopic (exact) mass is 330 g/mol. The van der Waals surface area contributed by atoms with Crippen molar-refractivity contribution in [1.82, 2.24) is 19.7 Å². The smallest absolute Gasteiger partial charge is 0.282 e. The standard InChI is InChI=1S/C17H22N4O3/c1-17(23,24)16(22)21-9-7-13(8-10-21)12-3-5-14(6-4-12)15-18-11-20(2)19-15/h3,5-7,11-12,23-24H,4,8-10H2,1-2H3. The summed E-state index contributed by atoms with van der Waals surface area (Å²) < 4.78 is 1.68. The van der Waals surface area contributed by atoms with Crippen LogP contribution in [0.2, 0.25) is 0 Å². The van der Waals surface area contributed by atoms with Crippen LogP contribution in [0.5, 0.6) is 0 Å². The number of allylic oxidation sites excluding steroid dienone is 4. The van der Waals surface area contributed by atoms with E-state index in [1.807, 2.05) is 19.2 Å². The van der Waals surface area contributed by atoms with E-state index < -0.39 is 11.7 Å². The van der Waals surface area contributed by atoms with E-state index in [9.17, 15) is 15.0 Å². The highest BCUT2D eigenvalue weighted by atomic mass is 16.5. The van der Waals surface area contributed by atoms with Crippen molar-refractivity contribution < 1.29 is 15.0 Å². The van der Waals surface area contributed by atoms with Gasteiger partial charge in [0.1, 0.15) is 6.33 Å². The molecule has 0 spiro atoms. The Morgan fingerprint density at radius 1 is 1.38 bits per heavy atom. The molecule has 0 radical (unpaired) electrons. The number of carbonyl (C=O) groups is 1. The molecule has 3 rings (SSSR count). The summed E-state index contributed by atoms with van der Waals surface area (Å²) in [5.74, 6) is -1.92. The number of nitrogens with zero attached hydrogens (tertiary/aromatic N) is 4. The van der Waals surface area contributed by atoms with Gasteiger partial charge >= 0.3 is 0 Å². The predicted octanol–water partition coefficient (Wildman–Crippen LogP) is 0.634. The molecule has 24 heavy (non-hydrogen) atoms. The Kier molecular flexibility index (Phi) is 4.38. The van der Waals surface area contributed by atoms with E-state index in [1.165, 1.54) is 10.5 Å². The molecular formula is C17H22N4O3. The van der Waals surface area contributed by atoms with E-state index in [-0.39, 0.29) is 0 Å². The second kappa shape index (κ2) is 6.33. The van der Waals surface area contributed by atoms with Gasteiger partial charge in [0, 0.05) is 31.6 Å². The lowest BCUT2D eigenvalue weighted by Crippen LogP contribution is -2.48. The van der Waals surface area contributed by atoms with Gasteiger partial charge in [0.25, 0.3) is 5.91 Å². The van der Waals surface area contributed by atoms with Crippen molar-refractivity contribution in [2.24, 2.45) is 13.0 Å². The van der Waals surface area contributed by atoms with Gasteiger partial charge in [-0.1, -0.05) is 29.9 Å². The molecule has 1 amide bonds. The van der Waals surface area contributed by atoms with Gasteiger partial charge in [-0.25, -0.2) is 4.98 Å². The van der Waals surface area contributed by atoms with Crippen molar-refractivity contribution in [2.45, 2.75) is 25.6 Å². The van der Waals surface area contributed by atoms with Crippen molar-refractivity contribution in [3.8, 4) is 0 Å². The van der Waals surface area contributed by atoms with E-state index in [0.717, 1.165) is 31.2 Å². The molecule has 2 N–H and O–H groups in total. The van der Waals surface area contributed by atoms with Crippen LogP contribution < -0.4 is 0 Å². The van der Waals surface area contributed by atoms with E-state index >= 15 is 0 Å². The van der Waals surface area contributed by atoms with Gasteiger partial charge in [0.15, 0.2) is 5.82 Å². The van der Waals surface area contributed by atoms with Crippen LogP contribution in [0.15, 0.2) is 36.2 Å². The van der Waals surface area contributed by atoms with Crippen LogP contribution >= 0.6 is 0 Å². The molecule has 0 aromatic carbocycles. The lowest BCUT2D eigenvalue weighted by Gasteiger charge is -2.32. The highest BCUT2D eigenvalue weighted by Crippen LogP contribution is 2.30. The van der Waals surface area contributed by atoms with Crippen LogP contribution in [0.1, 0.15) is 25.6 Å². The molecule has 7 heteroatoms. The van der Waals surface area contributed by atoms with Gasteiger partial charge in [0.2, 0.25) is 5.79 Å². The number of amides is 1. The van der Waals surface area contributed by atoms with Crippen LogP contribution in [0, 0.1) is 5.92 Å². The number of hydrogen-bond donors (Lipinski definition) is 2. The average Bonchev–Trinajstić information content (AvgIpc) is 3.00. The zero-order chi connectivity index (χ0) is 17.3. The second-order valence-corrected chi connectivity index (χ2v) is 6.40. The average molecular weight is 330 g/mol. The first-order valence-corrected chi connectivity index (χ1v) is 8.02. The SMILES string of the molecule is Cn1cnc(C2=CCC(C3=CCN(C(=O)C(C)(O)O)CC3)C=C2)n1. The van der Waals surface area contributed by atoms with Crippen molar-refractivity contribution in [1.29, 1.82) is 0 Å². The topological polar surface area (TPSA) is 91.5 Å². The van der Waals surface area contributed by atoms with Crippen LogP contribution in [0.3, 0.4) is 0 Å². The number of aryl methyl sites for hydroxylation is 1. The first-order chi connectivity index (χ1) is 11.3. The quantitative estimate of drug-likeness (QED) is 0.627. The first-order valence-electron chi connectivity index (χ1n) is 8.02. The maximum absolute atomic E-state index is 11.9. The van der Waals surface area contributed by atoms with Crippen molar-refractivity contribution >= 4 is 11.5 Å². The lowest BCUT2D eigenvalue weighted by molar-refractivity contribution is -0.189. The summed E-state index contributed by atoms with van der Waals surface area (Å²) in [7, 11) is 1.84. The first kappa shape index (κ1) is 16.6. The normalized spacial score (nSPS) is 21.5. The highest BCUT2D eigenvalue weighted by Gasteiger charge is 2.33. The molecule has 2 aliphatic rings. The third-order valence-corrected chi connectivity index (χ3v) is 4.37. The van der Waals surface area contributed by atoms with Crippen LogP contribution in [-0.2, 0) is 11.8 Å². The maximum Gasteiger partial charge on any atom is 0.282 e. The number of carbonyl (C=O) groups excluding carboxylic acids is 1. The summed E-state index contributed by atoms with van der Waals surface area (Å²) >= 11 is 0. The number of aromatic nitrogens is 3. The fourth-order valence-corrected chi connectivity index (χ4v) is 3.04.